The molecule has 0 saturated heterocycles. The minimum Gasteiger partial charge on any atom is -0.508 e. The fourth-order valence-electron chi connectivity index (χ4n) is 2.99. The number of hydrogen-bond donors (Lipinski definition) is 2. The molecule has 1 aliphatic carbocycles. The average Bonchev–Trinajstić information content (AvgIpc) is 2.81. The summed E-state index contributed by atoms with van der Waals surface area (Å²) in [5.74, 6) is 0.142. The molecule has 1 unspecified atom stereocenters. The average molecular weight is 271 g/mol. The van der Waals surface area contributed by atoms with Gasteiger partial charge < -0.3 is 10.4 Å². The molecule has 104 valence electrons. The van der Waals surface area contributed by atoms with Crippen molar-refractivity contribution < 1.29 is 9.50 Å². The molecule has 1 aliphatic rings. The highest BCUT2D eigenvalue weighted by atomic mass is 19.1. The first kappa shape index (κ1) is 13.1. The Bertz CT molecular complexity index is 626. The molecule has 3 rings (SSSR count). The van der Waals surface area contributed by atoms with Crippen molar-refractivity contribution in [2.75, 3.05) is 0 Å². The van der Waals surface area contributed by atoms with Crippen LogP contribution in [0.1, 0.15) is 42.1 Å². The highest BCUT2D eigenvalue weighted by Gasteiger charge is 2.24. The molecule has 3 heteroatoms. The first-order valence-electron chi connectivity index (χ1n) is 6.97. The van der Waals surface area contributed by atoms with Gasteiger partial charge in [-0.2, -0.15) is 0 Å². The minimum atomic E-state index is -0.170. The van der Waals surface area contributed by atoms with Crippen LogP contribution in [0.2, 0.25) is 0 Å². The van der Waals surface area contributed by atoms with Crippen molar-refractivity contribution >= 4 is 0 Å². The molecule has 0 spiro atoms. The Labute approximate surface area is 118 Å². The maximum atomic E-state index is 13.8. The smallest absolute Gasteiger partial charge is 0.127 e. The number of aryl methyl sites for hydroxylation is 1. The normalized spacial score (nSPS) is 18.8. The van der Waals surface area contributed by atoms with Gasteiger partial charge in [0.25, 0.3) is 0 Å². The van der Waals surface area contributed by atoms with E-state index in [1.54, 1.807) is 12.1 Å². The van der Waals surface area contributed by atoms with Gasteiger partial charge in [0.2, 0.25) is 0 Å². The van der Waals surface area contributed by atoms with Crippen LogP contribution in [0.5, 0.6) is 5.75 Å². The monoisotopic (exact) mass is 271 g/mol. The van der Waals surface area contributed by atoms with E-state index in [1.807, 2.05) is 31.2 Å². The molecule has 0 aromatic heterocycles. The zero-order chi connectivity index (χ0) is 14.1. The Morgan fingerprint density at radius 1 is 1.25 bits per heavy atom. The van der Waals surface area contributed by atoms with E-state index in [4.69, 9.17) is 0 Å². The maximum Gasteiger partial charge on any atom is 0.127 e. The zero-order valence-corrected chi connectivity index (χ0v) is 11.4. The van der Waals surface area contributed by atoms with E-state index in [-0.39, 0.29) is 17.9 Å². The molecule has 0 radical (unpaired) electrons. The quantitative estimate of drug-likeness (QED) is 0.888. The molecule has 2 N–H and O–H groups in total. The molecule has 2 atom stereocenters. The van der Waals surface area contributed by atoms with Crippen molar-refractivity contribution in [2.24, 2.45) is 0 Å². The van der Waals surface area contributed by atoms with E-state index in [2.05, 4.69) is 5.32 Å². The molecule has 0 amide bonds. The number of rotatable bonds is 3. The molecular formula is C17H18FNO. The summed E-state index contributed by atoms with van der Waals surface area (Å²) >= 11 is 0. The molecular weight excluding hydrogens is 253 g/mol. The Hall–Kier alpha value is -1.87. The Kier molecular flexibility index (Phi) is 3.45. The zero-order valence-electron chi connectivity index (χ0n) is 11.4. The number of fused-ring (bicyclic) bond motifs is 1. The highest BCUT2D eigenvalue weighted by molar-refractivity contribution is 5.40. The van der Waals surface area contributed by atoms with Gasteiger partial charge in [0, 0.05) is 17.6 Å². The second-order valence-electron chi connectivity index (χ2n) is 5.38. The van der Waals surface area contributed by atoms with Crippen LogP contribution >= 0.6 is 0 Å². The van der Waals surface area contributed by atoms with Crippen LogP contribution in [0.15, 0.2) is 42.5 Å². The Morgan fingerprint density at radius 2 is 2.05 bits per heavy atom. The predicted molar refractivity (Wildman–Crippen MR) is 77.1 cm³/mol. The third kappa shape index (κ3) is 2.41. The second-order valence-corrected chi connectivity index (χ2v) is 5.38. The molecule has 0 fully saturated rings. The summed E-state index contributed by atoms with van der Waals surface area (Å²) < 4.78 is 13.8. The molecule has 0 aliphatic heterocycles. The van der Waals surface area contributed by atoms with Gasteiger partial charge >= 0.3 is 0 Å². The Morgan fingerprint density at radius 3 is 2.85 bits per heavy atom. The summed E-state index contributed by atoms with van der Waals surface area (Å²) in [5, 5.41) is 13.0. The van der Waals surface area contributed by atoms with E-state index >= 15 is 0 Å². The highest BCUT2D eigenvalue weighted by Crippen LogP contribution is 2.35. The van der Waals surface area contributed by atoms with E-state index in [0.717, 1.165) is 12.8 Å². The van der Waals surface area contributed by atoms with Crippen LogP contribution in [0.25, 0.3) is 0 Å². The van der Waals surface area contributed by atoms with Crippen LogP contribution in [0.3, 0.4) is 0 Å². The van der Waals surface area contributed by atoms with Gasteiger partial charge in [-0.1, -0.05) is 24.3 Å². The first-order valence-corrected chi connectivity index (χ1v) is 6.97. The fourth-order valence-corrected chi connectivity index (χ4v) is 2.99. The van der Waals surface area contributed by atoms with Gasteiger partial charge in [0.15, 0.2) is 0 Å². The molecule has 0 heterocycles. The molecule has 2 aromatic carbocycles. The molecule has 20 heavy (non-hydrogen) atoms. The summed E-state index contributed by atoms with van der Waals surface area (Å²) in [7, 11) is 0. The third-order valence-corrected chi connectivity index (χ3v) is 4.03. The van der Waals surface area contributed by atoms with Crippen LogP contribution in [0.4, 0.5) is 4.39 Å². The van der Waals surface area contributed by atoms with Gasteiger partial charge in [-0.15, -0.1) is 0 Å². The fraction of sp³-hybridized carbons (Fsp3) is 0.294. The largest absolute Gasteiger partial charge is 0.508 e. The van der Waals surface area contributed by atoms with Crippen molar-refractivity contribution in [3.8, 4) is 5.75 Å². The van der Waals surface area contributed by atoms with Crippen LogP contribution in [-0.2, 0) is 6.42 Å². The number of phenols is 1. The third-order valence-electron chi connectivity index (χ3n) is 4.03. The number of aromatic hydroxyl groups is 1. The number of phenolic OH excluding ortho intramolecular Hbond substituents is 1. The van der Waals surface area contributed by atoms with Crippen molar-refractivity contribution in [1.29, 1.82) is 0 Å². The molecule has 2 aromatic rings. The summed E-state index contributed by atoms with van der Waals surface area (Å²) in [6.07, 6.45) is 1.93. The van der Waals surface area contributed by atoms with Crippen LogP contribution < -0.4 is 5.32 Å². The SMILES string of the molecule is C[C@@H](NC1CCc2cc(O)ccc21)c1ccccc1F. The van der Waals surface area contributed by atoms with Gasteiger partial charge in [-0.05, 0) is 49.1 Å². The maximum absolute atomic E-state index is 13.8. The second kappa shape index (κ2) is 5.25. The first-order chi connectivity index (χ1) is 9.65. The predicted octanol–water partition coefficient (Wildman–Crippen LogP) is 3.87. The number of hydrogen-bond acceptors (Lipinski definition) is 2. The van der Waals surface area contributed by atoms with Crippen molar-refractivity contribution in [3.05, 3.63) is 65.0 Å². The van der Waals surface area contributed by atoms with Gasteiger partial charge in [-0.25, -0.2) is 4.39 Å². The molecule has 0 saturated carbocycles. The number of halogens is 1. The lowest BCUT2D eigenvalue weighted by molar-refractivity contribution is 0.450. The molecule has 0 bridgehead atoms. The van der Waals surface area contributed by atoms with E-state index in [1.165, 1.54) is 17.2 Å². The Balaban J connectivity index is 1.79. The van der Waals surface area contributed by atoms with Crippen molar-refractivity contribution in [1.82, 2.24) is 5.32 Å². The van der Waals surface area contributed by atoms with E-state index in [0.29, 0.717) is 11.3 Å². The lowest BCUT2D eigenvalue weighted by Gasteiger charge is -2.21. The lowest BCUT2D eigenvalue weighted by atomic mass is 10.0. The summed E-state index contributed by atoms with van der Waals surface area (Å²) in [4.78, 5) is 0. The van der Waals surface area contributed by atoms with Gasteiger partial charge in [0.05, 0.1) is 0 Å². The standard InChI is InChI=1S/C17H18FNO/c1-11(14-4-2-3-5-16(14)18)19-17-9-6-12-10-13(20)7-8-15(12)17/h2-5,7-8,10-11,17,19-20H,6,9H2,1H3/t11-,17?/m1/s1. The van der Waals surface area contributed by atoms with E-state index in [9.17, 15) is 9.50 Å². The summed E-state index contributed by atoms with van der Waals surface area (Å²) in [6, 6.07) is 12.6. The van der Waals surface area contributed by atoms with Crippen molar-refractivity contribution in [2.45, 2.75) is 31.8 Å². The molecule has 2 nitrogen and oxygen atoms in total. The van der Waals surface area contributed by atoms with Crippen LogP contribution in [-0.4, -0.2) is 5.11 Å². The summed E-state index contributed by atoms with van der Waals surface area (Å²) in [6.45, 7) is 1.98. The van der Waals surface area contributed by atoms with Gasteiger partial charge in [0.1, 0.15) is 11.6 Å². The van der Waals surface area contributed by atoms with Gasteiger partial charge in [-0.3, -0.25) is 0 Å². The minimum absolute atomic E-state index is 0.0408. The van der Waals surface area contributed by atoms with Crippen molar-refractivity contribution in [3.63, 3.8) is 0 Å². The van der Waals surface area contributed by atoms with E-state index < -0.39 is 0 Å². The van der Waals surface area contributed by atoms with Crippen LogP contribution in [0, 0.1) is 5.82 Å². The topological polar surface area (TPSA) is 32.3 Å². The number of benzene rings is 2. The number of nitrogens with one attached hydrogen (secondary N) is 1. The summed E-state index contributed by atoms with van der Waals surface area (Å²) in [5.41, 5.74) is 3.09. The lowest BCUT2D eigenvalue weighted by Crippen LogP contribution is -2.23.